The Morgan fingerprint density at radius 3 is 2.88 bits per heavy atom. The van der Waals surface area contributed by atoms with Crippen LogP contribution in [-0.4, -0.2) is 19.2 Å². The van der Waals surface area contributed by atoms with E-state index >= 15 is 0 Å². The highest BCUT2D eigenvalue weighted by Crippen LogP contribution is 2.33. The molecule has 134 valence electrons. The standard InChI is InChI=1S/C21H20ClNO3/c1-13-5-8-16(19(11-13)25-10-9-23-14-6-7-14)20-12-18(24)15-3-2-4-17(22)21(15)26-20/h2-5,8,11-12,14,23H,6-7,9-10H2,1H3. The molecule has 2 aromatic carbocycles. The van der Waals surface area contributed by atoms with Crippen molar-refractivity contribution in [2.45, 2.75) is 25.8 Å². The van der Waals surface area contributed by atoms with Crippen molar-refractivity contribution in [1.29, 1.82) is 0 Å². The predicted molar refractivity (Wildman–Crippen MR) is 104 cm³/mol. The van der Waals surface area contributed by atoms with Gasteiger partial charge in [-0.1, -0.05) is 23.7 Å². The minimum Gasteiger partial charge on any atom is -0.491 e. The molecule has 1 aliphatic carbocycles. The molecule has 0 unspecified atom stereocenters. The summed E-state index contributed by atoms with van der Waals surface area (Å²) in [5.74, 6) is 1.16. The zero-order valence-electron chi connectivity index (χ0n) is 14.5. The lowest BCUT2D eigenvalue weighted by molar-refractivity contribution is 0.314. The van der Waals surface area contributed by atoms with Gasteiger partial charge in [-0.05, 0) is 49.6 Å². The molecule has 5 heteroatoms. The van der Waals surface area contributed by atoms with Crippen LogP contribution in [0.15, 0.2) is 51.7 Å². The Morgan fingerprint density at radius 1 is 1.23 bits per heavy atom. The van der Waals surface area contributed by atoms with Crippen LogP contribution in [0.3, 0.4) is 0 Å². The van der Waals surface area contributed by atoms with Crippen molar-refractivity contribution in [3.8, 4) is 17.1 Å². The van der Waals surface area contributed by atoms with Crippen LogP contribution in [-0.2, 0) is 0 Å². The fourth-order valence-electron chi connectivity index (χ4n) is 2.94. The van der Waals surface area contributed by atoms with Gasteiger partial charge in [0.1, 0.15) is 18.1 Å². The number of benzene rings is 2. The summed E-state index contributed by atoms with van der Waals surface area (Å²) < 4.78 is 11.9. The monoisotopic (exact) mass is 369 g/mol. The molecule has 1 fully saturated rings. The van der Waals surface area contributed by atoms with E-state index < -0.39 is 0 Å². The van der Waals surface area contributed by atoms with E-state index in [9.17, 15) is 4.79 Å². The molecule has 1 N–H and O–H groups in total. The third-order valence-corrected chi connectivity index (χ3v) is 4.78. The molecule has 0 atom stereocenters. The quantitative estimate of drug-likeness (QED) is 0.647. The number of rotatable bonds is 6. The Labute approximate surface area is 156 Å². The van der Waals surface area contributed by atoms with E-state index in [0.717, 1.165) is 17.7 Å². The van der Waals surface area contributed by atoms with Gasteiger partial charge < -0.3 is 14.5 Å². The Hall–Kier alpha value is -2.30. The summed E-state index contributed by atoms with van der Waals surface area (Å²) in [6, 6.07) is 13.2. The van der Waals surface area contributed by atoms with Crippen LogP contribution in [0.4, 0.5) is 0 Å². The molecule has 1 aromatic heterocycles. The van der Waals surface area contributed by atoms with Gasteiger partial charge in [0.25, 0.3) is 0 Å². The summed E-state index contributed by atoms with van der Waals surface area (Å²) in [5.41, 5.74) is 2.12. The van der Waals surface area contributed by atoms with Crippen molar-refractivity contribution in [3.05, 3.63) is 63.3 Å². The highest BCUT2D eigenvalue weighted by Gasteiger charge is 2.20. The molecule has 0 bridgehead atoms. The summed E-state index contributed by atoms with van der Waals surface area (Å²) >= 11 is 6.22. The van der Waals surface area contributed by atoms with Crippen LogP contribution in [0, 0.1) is 6.92 Å². The first kappa shape index (κ1) is 17.1. The van der Waals surface area contributed by atoms with Gasteiger partial charge in [0.2, 0.25) is 0 Å². The fraction of sp³-hybridized carbons (Fsp3) is 0.286. The molecular formula is C21H20ClNO3. The predicted octanol–water partition coefficient (Wildman–Crippen LogP) is 4.55. The Morgan fingerprint density at radius 2 is 2.08 bits per heavy atom. The van der Waals surface area contributed by atoms with Crippen LogP contribution in [0.5, 0.6) is 5.75 Å². The van der Waals surface area contributed by atoms with Gasteiger partial charge in [-0.25, -0.2) is 0 Å². The first-order valence-electron chi connectivity index (χ1n) is 8.81. The molecule has 1 heterocycles. The number of hydrogen-bond donors (Lipinski definition) is 1. The lowest BCUT2D eigenvalue weighted by atomic mass is 10.1. The fourth-order valence-corrected chi connectivity index (χ4v) is 3.15. The molecule has 0 spiro atoms. The van der Waals surface area contributed by atoms with Gasteiger partial charge in [0, 0.05) is 18.7 Å². The van der Waals surface area contributed by atoms with Gasteiger partial charge in [0.15, 0.2) is 11.0 Å². The minimum atomic E-state index is -0.120. The highest BCUT2D eigenvalue weighted by atomic mass is 35.5. The van der Waals surface area contributed by atoms with Gasteiger partial charge >= 0.3 is 0 Å². The molecule has 1 saturated carbocycles. The number of para-hydroxylation sites is 1. The zero-order valence-corrected chi connectivity index (χ0v) is 15.3. The van der Waals surface area contributed by atoms with Gasteiger partial charge in [-0.15, -0.1) is 0 Å². The summed E-state index contributed by atoms with van der Waals surface area (Å²) in [5, 5.41) is 4.32. The minimum absolute atomic E-state index is 0.120. The lowest BCUT2D eigenvalue weighted by Gasteiger charge is -2.13. The first-order chi connectivity index (χ1) is 12.6. The first-order valence-corrected chi connectivity index (χ1v) is 9.19. The number of nitrogens with one attached hydrogen (secondary N) is 1. The van der Waals surface area contributed by atoms with E-state index in [0.29, 0.717) is 40.2 Å². The van der Waals surface area contributed by atoms with E-state index in [1.807, 2.05) is 25.1 Å². The van der Waals surface area contributed by atoms with Crippen molar-refractivity contribution >= 4 is 22.6 Å². The normalized spacial score (nSPS) is 13.9. The third kappa shape index (κ3) is 3.62. The highest BCUT2D eigenvalue weighted by molar-refractivity contribution is 6.34. The van der Waals surface area contributed by atoms with E-state index in [1.165, 1.54) is 18.9 Å². The molecule has 1 aliphatic rings. The molecule has 0 amide bonds. The molecule has 0 radical (unpaired) electrons. The number of hydrogen-bond acceptors (Lipinski definition) is 4. The molecule has 26 heavy (non-hydrogen) atoms. The van der Waals surface area contributed by atoms with Crippen molar-refractivity contribution in [2.75, 3.05) is 13.2 Å². The summed E-state index contributed by atoms with van der Waals surface area (Å²) in [7, 11) is 0. The van der Waals surface area contributed by atoms with E-state index in [-0.39, 0.29) is 5.43 Å². The molecule has 0 saturated heterocycles. The number of aryl methyl sites for hydroxylation is 1. The van der Waals surface area contributed by atoms with Crippen molar-refractivity contribution in [3.63, 3.8) is 0 Å². The molecule has 4 nitrogen and oxygen atoms in total. The van der Waals surface area contributed by atoms with Crippen molar-refractivity contribution < 1.29 is 9.15 Å². The van der Waals surface area contributed by atoms with Crippen molar-refractivity contribution in [1.82, 2.24) is 5.32 Å². The largest absolute Gasteiger partial charge is 0.491 e. The van der Waals surface area contributed by atoms with Crippen LogP contribution < -0.4 is 15.5 Å². The van der Waals surface area contributed by atoms with Crippen LogP contribution in [0.25, 0.3) is 22.3 Å². The number of halogens is 1. The Kier molecular flexibility index (Phi) is 4.70. The van der Waals surface area contributed by atoms with Crippen LogP contribution in [0.1, 0.15) is 18.4 Å². The third-order valence-electron chi connectivity index (χ3n) is 4.48. The van der Waals surface area contributed by atoms with Gasteiger partial charge in [-0.3, -0.25) is 4.79 Å². The number of fused-ring (bicyclic) bond motifs is 1. The molecule has 4 rings (SSSR count). The van der Waals surface area contributed by atoms with E-state index in [2.05, 4.69) is 5.32 Å². The Bertz CT molecular complexity index is 1010. The maximum Gasteiger partial charge on any atom is 0.193 e. The molecule has 0 aliphatic heterocycles. The summed E-state index contributed by atoms with van der Waals surface area (Å²) in [6.45, 7) is 3.36. The van der Waals surface area contributed by atoms with Crippen LogP contribution in [0.2, 0.25) is 5.02 Å². The van der Waals surface area contributed by atoms with Crippen LogP contribution >= 0.6 is 11.6 Å². The maximum atomic E-state index is 12.5. The van der Waals surface area contributed by atoms with E-state index in [4.69, 9.17) is 20.8 Å². The average molecular weight is 370 g/mol. The second kappa shape index (κ2) is 7.14. The average Bonchev–Trinajstić information content (AvgIpc) is 3.44. The smallest absolute Gasteiger partial charge is 0.193 e. The van der Waals surface area contributed by atoms with Gasteiger partial charge in [0.05, 0.1) is 16.0 Å². The van der Waals surface area contributed by atoms with E-state index in [1.54, 1.807) is 18.2 Å². The number of ether oxygens (including phenoxy) is 1. The lowest BCUT2D eigenvalue weighted by Crippen LogP contribution is -2.23. The zero-order chi connectivity index (χ0) is 18.1. The second-order valence-electron chi connectivity index (χ2n) is 6.67. The molecule has 3 aromatic rings. The van der Waals surface area contributed by atoms with Crippen molar-refractivity contribution in [2.24, 2.45) is 0 Å². The second-order valence-corrected chi connectivity index (χ2v) is 7.08. The Balaban J connectivity index is 1.69. The summed E-state index contributed by atoms with van der Waals surface area (Å²) in [6.07, 6.45) is 2.50. The summed E-state index contributed by atoms with van der Waals surface area (Å²) in [4.78, 5) is 12.5. The topological polar surface area (TPSA) is 51.5 Å². The maximum absolute atomic E-state index is 12.5. The van der Waals surface area contributed by atoms with Gasteiger partial charge in [-0.2, -0.15) is 0 Å². The SMILES string of the molecule is Cc1ccc(-c2cc(=O)c3cccc(Cl)c3o2)c(OCCNC2CC2)c1. The molecular weight excluding hydrogens is 350 g/mol.